The number of likely N-dealkylation sites (tertiary alicyclic amines) is 1. The molecule has 0 radical (unpaired) electrons. The van der Waals surface area contributed by atoms with Crippen molar-refractivity contribution in [2.45, 2.75) is 94.2 Å². The Morgan fingerprint density at radius 2 is 1.61 bits per heavy atom. The van der Waals surface area contributed by atoms with E-state index in [0.717, 1.165) is 108 Å². The zero-order valence-electron chi connectivity index (χ0n) is 26.9. The summed E-state index contributed by atoms with van der Waals surface area (Å²) in [4.78, 5) is 30.3. The van der Waals surface area contributed by atoms with Crippen LogP contribution in [-0.2, 0) is 21.5 Å². The molecule has 3 heterocycles. The van der Waals surface area contributed by atoms with Crippen molar-refractivity contribution in [3.8, 4) is 17.0 Å². The number of fused-ring (bicyclic) bond motifs is 5. The Balaban J connectivity index is 1.32. The molecule has 0 atom stereocenters. The van der Waals surface area contributed by atoms with Gasteiger partial charge in [0.25, 0.3) is 11.8 Å². The smallest absolute Gasteiger partial charge is 0.303 e. The molecule has 4 fully saturated rings. The highest BCUT2D eigenvalue weighted by molar-refractivity contribution is 7.87. The lowest BCUT2D eigenvalue weighted by Gasteiger charge is -2.32. The number of hydrogen-bond acceptors (Lipinski definition) is 5. The first-order valence-corrected chi connectivity index (χ1v) is 18.1. The van der Waals surface area contributed by atoms with Crippen LogP contribution in [0.15, 0.2) is 42.0 Å². The highest BCUT2D eigenvalue weighted by Crippen LogP contribution is 2.64. The molecular formula is C36H42N4O5S. The first-order valence-electron chi connectivity index (χ1n) is 16.7. The molecule has 242 valence electrons. The van der Waals surface area contributed by atoms with E-state index in [9.17, 15) is 18.0 Å². The molecule has 3 aromatic rings. The largest absolute Gasteiger partial charge is 0.497 e. The van der Waals surface area contributed by atoms with E-state index in [1.807, 2.05) is 24.3 Å². The van der Waals surface area contributed by atoms with Crippen LogP contribution in [0.1, 0.15) is 98.0 Å². The summed E-state index contributed by atoms with van der Waals surface area (Å²) in [6.45, 7) is 0.373. The van der Waals surface area contributed by atoms with Gasteiger partial charge in [-0.15, -0.1) is 0 Å². The molecule has 3 aliphatic carbocycles. The highest BCUT2D eigenvalue weighted by Gasteiger charge is 2.67. The molecule has 2 aromatic carbocycles. The Kier molecular flexibility index (Phi) is 6.75. The Bertz CT molecular complexity index is 1910. The van der Waals surface area contributed by atoms with Crippen LogP contribution < -0.4 is 9.46 Å². The molecule has 46 heavy (non-hydrogen) atoms. The number of nitrogens with zero attached hydrogens (tertiary/aromatic N) is 3. The van der Waals surface area contributed by atoms with E-state index in [1.165, 1.54) is 26.1 Å². The summed E-state index contributed by atoms with van der Waals surface area (Å²) in [6.07, 6.45) is 14.3. The van der Waals surface area contributed by atoms with Gasteiger partial charge in [0.1, 0.15) is 5.75 Å². The second kappa shape index (κ2) is 10.4. The molecule has 5 aliphatic rings. The number of carbonyl (C=O) groups is 2. The lowest BCUT2D eigenvalue weighted by molar-refractivity contribution is -0.131. The SMILES string of the molecule is COc1ccc2c(c1)C=C(C(=O)N1C3(CC3)CCC13CC3)Cn1c-2c(C2CCCCC2)c2ccc(C(=O)NS(=O)(=O)N(C)C)cc21. The van der Waals surface area contributed by atoms with Crippen LogP contribution >= 0.6 is 0 Å². The molecule has 3 saturated carbocycles. The quantitative estimate of drug-likeness (QED) is 0.356. The van der Waals surface area contributed by atoms with Gasteiger partial charge in [0.15, 0.2) is 0 Å². The Labute approximate surface area is 270 Å². The van der Waals surface area contributed by atoms with E-state index < -0.39 is 16.1 Å². The van der Waals surface area contributed by atoms with Crippen molar-refractivity contribution >= 4 is 39.0 Å². The molecule has 10 heteroatoms. The number of carbonyl (C=O) groups excluding carboxylic acids is 2. The second-order valence-electron chi connectivity index (χ2n) is 14.3. The van der Waals surface area contributed by atoms with E-state index in [-0.39, 0.29) is 22.5 Å². The molecular weight excluding hydrogens is 600 g/mol. The van der Waals surface area contributed by atoms with Gasteiger partial charge in [0.05, 0.1) is 19.3 Å². The fraction of sp³-hybridized carbons (Fsp3) is 0.500. The van der Waals surface area contributed by atoms with Gasteiger partial charge in [-0.25, -0.2) is 4.72 Å². The van der Waals surface area contributed by atoms with Crippen molar-refractivity contribution < 1.29 is 22.7 Å². The van der Waals surface area contributed by atoms with Crippen molar-refractivity contribution in [3.63, 3.8) is 0 Å². The maximum atomic E-state index is 14.8. The predicted molar refractivity (Wildman–Crippen MR) is 178 cm³/mol. The third-order valence-electron chi connectivity index (χ3n) is 11.4. The van der Waals surface area contributed by atoms with Crippen LogP contribution in [0.3, 0.4) is 0 Å². The first-order chi connectivity index (χ1) is 22.1. The lowest BCUT2D eigenvalue weighted by atomic mass is 9.81. The first kappa shape index (κ1) is 29.8. The summed E-state index contributed by atoms with van der Waals surface area (Å²) >= 11 is 0. The molecule has 8 rings (SSSR count). The monoisotopic (exact) mass is 642 g/mol. The fourth-order valence-electron chi connectivity index (χ4n) is 8.58. The zero-order chi connectivity index (χ0) is 32.0. The Morgan fingerprint density at radius 3 is 2.24 bits per heavy atom. The van der Waals surface area contributed by atoms with Gasteiger partial charge < -0.3 is 14.2 Å². The normalized spacial score (nSPS) is 21.2. The van der Waals surface area contributed by atoms with Gasteiger partial charge in [-0.3, -0.25) is 9.59 Å². The van der Waals surface area contributed by atoms with Crippen molar-refractivity contribution in [1.82, 2.24) is 18.5 Å². The van der Waals surface area contributed by atoms with Crippen LogP contribution in [0, 0.1) is 0 Å². The molecule has 1 aromatic heterocycles. The predicted octanol–water partition coefficient (Wildman–Crippen LogP) is 5.99. The maximum absolute atomic E-state index is 14.8. The Hall–Kier alpha value is -3.63. The second-order valence-corrected chi connectivity index (χ2v) is 16.2. The van der Waals surface area contributed by atoms with Gasteiger partial charge in [0.2, 0.25) is 0 Å². The number of nitrogens with one attached hydrogen (secondary N) is 1. The molecule has 1 N–H and O–H groups in total. The summed E-state index contributed by atoms with van der Waals surface area (Å²) < 4.78 is 36.2. The third kappa shape index (κ3) is 4.62. The van der Waals surface area contributed by atoms with Crippen molar-refractivity contribution in [3.05, 3.63) is 58.7 Å². The van der Waals surface area contributed by atoms with Gasteiger partial charge in [-0.1, -0.05) is 25.3 Å². The fourth-order valence-corrected chi connectivity index (χ4v) is 9.12. The highest BCUT2D eigenvalue weighted by atomic mass is 32.2. The molecule has 2 aliphatic heterocycles. The van der Waals surface area contributed by atoms with Gasteiger partial charge in [-0.05, 0) is 105 Å². The number of aromatic nitrogens is 1. The number of methoxy groups -OCH3 is 1. The lowest BCUT2D eigenvalue weighted by Crippen LogP contribution is -2.45. The van der Waals surface area contributed by atoms with E-state index in [4.69, 9.17) is 4.74 Å². The van der Waals surface area contributed by atoms with E-state index in [2.05, 4.69) is 26.3 Å². The van der Waals surface area contributed by atoms with Crippen LogP contribution in [0.25, 0.3) is 28.2 Å². The molecule has 2 amide bonds. The summed E-state index contributed by atoms with van der Waals surface area (Å²) in [6, 6.07) is 11.6. The minimum absolute atomic E-state index is 0.00989. The van der Waals surface area contributed by atoms with Crippen molar-refractivity contribution in [1.29, 1.82) is 0 Å². The number of ether oxygens (including phenoxy) is 1. The van der Waals surface area contributed by atoms with Crippen LogP contribution in [0.4, 0.5) is 0 Å². The van der Waals surface area contributed by atoms with Gasteiger partial charge >= 0.3 is 10.2 Å². The average Bonchev–Trinajstić information content (AvgIpc) is 3.95. The molecule has 9 nitrogen and oxygen atoms in total. The standard InChI is InChI=1S/C36H42N4O5S/c1-38(2)46(43,44)37-33(41)24-9-11-29-30(21-24)39-22-26(34(42)40-35(13-14-35)17-18-36(40)15-16-36)19-25-20-27(45-3)10-12-28(25)32(39)31(29)23-7-5-4-6-8-23/h9-12,19-21,23H,4-8,13-18,22H2,1-3H3,(H,37,41). The summed E-state index contributed by atoms with van der Waals surface area (Å²) in [5.74, 6) is 0.530. The van der Waals surface area contributed by atoms with E-state index in [0.29, 0.717) is 12.5 Å². The summed E-state index contributed by atoms with van der Waals surface area (Å²) in [5.41, 5.74) is 6.22. The van der Waals surface area contributed by atoms with Gasteiger partial charge in [0, 0.05) is 52.8 Å². The topological polar surface area (TPSA) is 101 Å². The molecule has 0 unspecified atom stereocenters. The number of benzene rings is 2. The van der Waals surface area contributed by atoms with E-state index in [1.54, 1.807) is 13.2 Å². The molecule has 1 saturated heterocycles. The van der Waals surface area contributed by atoms with Crippen molar-refractivity contribution in [2.75, 3.05) is 21.2 Å². The number of rotatable bonds is 6. The third-order valence-corrected chi connectivity index (χ3v) is 12.8. The molecule has 0 bridgehead atoms. The Morgan fingerprint density at radius 1 is 0.935 bits per heavy atom. The van der Waals surface area contributed by atoms with Gasteiger partial charge in [-0.2, -0.15) is 12.7 Å². The van der Waals surface area contributed by atoms with E-state index >= 15 is 0 Å². The number of hydrogen-bond donors (Lipinski definition) is 1. The van der Waals surface area contributed by atoms with Crippen LogP contribution in [0.5, 0.6) is 5.75 Å². The number of amides is 2. The van der Waals surface area contributed by atoms with Crippen LogP contribution in [-0.4, -0.2) is 66.3 Å². The minimum atomic E-state index is -3.96. The average molecular weight is 643 g/mol. The summed E-state index contributed by atoms with van der Waals surface area (Å²) in [5, 5.41) is 1.06. The minimum Gasteiger partial charge on any atom is -0.497 e. The zero-order valence-corrected chi connectivity index (χ0v) is 27.7. The van der Waals surface area contributed by atoms with Crippen LogP contribution in [0.2, 0.25) is 0 Å². The summed E-state index contributed by atoms with van der Waals surface area (Å²) in [7, 11) is 0.474. The molecule has 2 spiro atoms. The maximum Gasteiger partial charge on any atom is 0.303 e. The van der Waals surface area contributed by atoms with Crippen molar-refractivity contribution in [2.24, 2.45) is 0 Å².